The van der Waals surface area contributed by atoms with Crippen LogP contribution in [0.5, 0.6) is 0 Å². The van der Waals surface area contributed by atoms with E-state index in [0.29, 0.717) is 24.3 Å². The van der Waals surface area contributed by atoms with E-state index in [2.05, 4.69) is 12.0 Å². The van der Waals surface area contributed by atoms with Gasteiger partial charge >= 0.3 is 0 Å². The summed E-state index contributed by atoms with van der Waals surface area (Å²) in [4.78, 5) is 14.5. The Labute approximate surface area is 125 Å². The first-order valence-electron chi connectivity index (χ1n) is 7.15. The Bertz CT molecular complexity index is 633. The lowest BCUT2D eigenvalue weighted by molar-refractivity contribution is 0.0743. The smallest absolute Gasteiger partial charge is 0.257 e. The topological polar surface area (TPSA) is 64.2 Å². The number of amides is 1. The van der Waals surface area contributed by atoms with Crippen LogP contribution in [0.3, 0.4) is 0 Å². The third-order valence-electron chi connectivity index (χ3n) is 3.44. The van der Waals surface area contributed by atoms with Crippen LogP contribution in [0.15, 0.2) is 30.5 Å². The molecule has 1 amide bonds. The minimum Gasteiger partial charge on any atom is -0.398 e. The predicted octanol–water partition coefficient (Wildman–Crippen LogP) is 2.36. The van der Waals surface area contributed by atoms with E-state index in [1.807, 2.05) is 43.1 Å². The summed E-state index contributed by atoms with van der Waals surface area (Å²) >= 11 is 0. The van der Waals surface area contributed by atoms with E-state index in [-0.39, 0.29) is 5.91 Å². The Balaban J connectivity index is 2.24. The molecule has 0 fully saturated rings. The van der Waals surface area contributed by atoms with Crippen molar-refractivity contribution in [3.63, 3.8) is 0 Å². The molecule has 2 rings (SSSR count). The van der Waals surface area contributed by atoms with Crippen LogP contribution in [0, 0.1) is 6.92 Å². The summed E-state index contributed by atoms with van der Waals surface area (Å²) in [5.41, 5.74) is 9.08. The third kappa shape index (κ3) is 3.42. The Morgan fingerprint density at radius 2 is 2.10 bits per heavy atom. The molecular formula is C16H22N4O. The number of hydrogen-bond acceptors (Lipinski definition) is 3. The number of benzene rings is 1. The highest BCUT2D eigenvalue weighted by Gasteiger charge is 2.20. The second-order valence-electron chi connectivity index (χ2n) is 5.23. The lowest BCUT2D eigenvalue weighted by atomic mass is 10.1. The van der Waals surface area contributed by atoms with Crippen molar-refractivity contribution in [1.82, 2.24) is 14.7 Å². The summed E-state index contributed by atoms with van der Waals surface area (Å²) in [7, 11) is 1.82. The van der Waals surface area contributed by atoms with E-state index < -0.39 is 0 Å². The molecule has 0 spiro atoms. The zero-order valence-electron chi connectivity index (χ0n) is 12.8. The van der Waals surface area contributed by atoms with E-state index in [0.717, 1.165) is 17.7 Å². The second kappa shape index (κ2) is 6.43. The Morgan fingerprint density at radius 1 is 1.38 bits per heavy atom. The van der Waals surface area contributed by atoms with Crippen molar-refractivity contribution in [1.29, 1.82) is 0 Å². The molecule has 0 saturated heterocycles. The fraction of sp³-hybridized carbons (Fsp3) is 0.375. The fourth-order valence-electron chi connectivity index (χ4n) is 2.39. The highest BCUT2D eigenvalue weighted by atomic mass is 16.2. The number of carbonyl (C=O) groups is 1. The molecule has 5 heteroatoms. The standard InChI is InChI=1S/C16H22N4O/c1-4-9-20(10-13-7-5-6-8-15(13)17)16(21)14-11-19(3)18-12(14)2/h5-8,11H,4,9-10,17H2,1-3H3. The van der Waals surface area contributed by atoms with Crippen LogP contribution in [0.4, 0.5) is 5.69 Å². The van der Waals surface area contributed by atoms with Gasteiger partial charge in [0.15, 0.2) is 0 Å². The number of aromatic nitrogens is 2. The van der Waals surface area contributed by atoms with Gasteiger partial charge in [-0.05, 0) is 25.0 Å². The summed E-state index contributed by atoms with van der Waals surface area (Å²) < 4.78 is 1.67. The Hall–Kier alpha value is -2.30. The molecule has 0 aliphatic rings. The molecule has 2 N–H and O–H groups in total. The Kier molecular flexibility index (Phi) is 4.62. The van der Waals surface area contributed by atoms with Crippen LogP contribution in [0.1, 0.15) is 35.0 Å². The molecule has 0 saturated carbocycles. The summed E-state index contributed by atoms with van der Waals surface area (Å²) in [5.74, 6) is 0.00528. The van der Waals surface area contributed by atoms with Crippen molar-refractivity contribution in [2.45, 2.75) is 26.8 Å². The van der Waals surface area contributed by atoms with Gasteiger partial charge in [0.2, 0.25) is 0 Å². The average molecular weight is 286 g/mol. The van der Waals surface area contributed by atoms with Crippen molar-refractivity contribution in [3.05, 3.63) is 47.3 Å². The van der Waals surface area contributed by atoms with Gasteiger partial charge in [0.1, 0.15) is 0 Å². The van der Waals surface area contributed by atoms with Crippen LogP contribution in [0.25, 0.3) is 0 Å². The van der Waals surface area contributed by atoms with Gasteiger partial charge in [-0.2, -0.15) is 5.10 Å². The maximum absolute atomic E-state index is 12.7. The number of aryl methyl sites for hydroxylation is 2. The molecule has 21 heavy (non-hydrogen) atoms. The van der Waals surface area contributed by atoms with Crippen molar-refractivity contribution in [2.24, 2.45) is 7.05 Å². The molecule has 1 heterocycles. The van der Waals surface area contributed by atoms with E-state index in [4.69, 9.17) is 5.73 Å². The van der Waals surface area contributed by atoms with Gasteiger partial charge in [-0.25, -0.2) is 0 Å². The zero-order valence-corrected chi connectivity index (χ0v) is 12.8. The number of anilines is 1. The van der Waals surface area contributed by atoms with Crippen molar-refractivity contribution in [2.75, 3.05) is 12.3 Å². The molecule has 0 aliphatic carbocycles. The molecule has 112 valence electrons. The number of nitrogens with zero attached hydrogens (tertiary/aromatic N) is 3. The summed E-state index contributed by atoms with van der Waals surface area (Å²) in [6, 6.07) is 7.66. The molecule has 1 aromatic carbocycles. The number of nitrogen functional groups attached to an aromatic ring is 1. The SMILES string of the molecule is CCCN(Cc1ccccc1N)C(=O)c1cn(C)nc1C. The number of para-hydroxylation sites is 1. The Morgan fingerprint density at radius 3 is 2.67 bits per heavy atom. The maximum Gasteiger partial charge on any atom is 0.257 e. The summed E-state index contributed by atoms with van der Waals surface area (Å²) in [6.45, 7) is 5.13. The highest BCUT2D eigenvalue weighted by molar-refractivity contribution is 5.95. The zero-order chi connectivity index (χ0) is 15.4. The highest BCUT2D eigenvalue weighted by Crippen LogP contribution is 2.17. The van der Waals surface area contributed by atoms with Crippen LogP contribution in [-0.2, 0) is 13.6 Å². The van der Waals surface area contributed by atoms with Crippen LogP contribution in [-0.4, -0.2) is 27.1 Å². The largest absolute Gasteiger partial charge is 0.398 e. The van der Waals surface area contributed by atoms with Gasteiger partial charge in [0.25, 0.3) is 5.91 Å². The summed E-state index contributed by atoms with van der Waals surface area (Å²) in [5, 5.41) is 4.24. The van der Waals surface area contributed by atoms with Crippen LogP contribution >= 0.6 is 0 Å². The normalized spacial score (nSPS) is 10.6. The van der Waals surface area contributed by atoms with Gasteiger partial charge in [0, 0.05) is 32.0 Å². The fourth-order valence-corrected chi connectivity index (χ4v) is 2.39. The lowest BCUT2D eigenvalue weighted by Crippen LogP contribution is -2.31. The predicted molar refractivity (Wildman–Crippen MR) is 83.8 cm³/mol. The molecule has 1 aromatic heterocycles. The number of nitrogens with two attached hydrogens (primary N) is 1. The van der Waals surface area contributed by atoms with E-state index in [1.165, 1.54) is 0 Å². The minimum absolute atomic E-state index is 0.00528. The third-order valence-corrected chi connectivity index (χ3v) is 3.44. The first kappa shape index (κ1) is 15.1. The van der Waals surface area contributed by atoms with Crippen LogP contribution in [0.2, 0.25) is 0 Å². The van der Waals surface area contributed by atoms with Gasteiger partial charge in [-0.3, -0.25) is 9.48 Å². The second-order valence-corrected chi connectivity index (χ2v) is 5.23. The number of carbonyl (C=O) groups excluding carboxylic acids is 1. The molecule has 5 nitrogen and oxygen atoms in total. The molecule has 0 radical (unpaired) electrons. The number of rotatable bonds is 5. The summed E-state index contributed by atoms with van der Waals surface area (Å²) in [6.07, 6.45) is 2.67. The molecule has 0 bridgehead atoms. The van der Waals surface area contributed by atoms with Gasteiger partial charge < -0.3 is 10.6 Å². The quantitative estimate of drug-likeness (QED) is 0.858. The molecule has 0 aliphatic heterocycles. The van der Waals surface area contributed by atoms with Crippen LogP contribution < -0.4 is 5.73 Å². The van der Waals surface area contributed by atoms with E-state index in [9.17, 15) is 4.79 Å². The minimum atomic E-state index is 0.00528. The molecule has 2 aromatic rings. The lowest BCUT2D eigenvalue weighted by Gasteiger charge is -2.22. The van der Waals surface area contributed by atoms with E-state index in [1.54, 1.807) is 10.9 Å². The van der Waals surface area contributed by atoms with Crippen molar-refractivity contribution >= 4 is 11.6 Å². The first-order valence-corrected chi connectivity index (χ1v) is 7.15. The van der Waals surface area contributed by atoms with Crippen molar-refractivity contribution in [3.8, 4) is 0 Å². The average Bonchev–Trinajstić information content (AvgIpc) is 2.79. The molecule has 0 atom stereocenters. The van der Waals surface area contributed by atoms with E-state index >= 15 is 0 Å². The molecular weight excluding hydrogens is 264 g/mol. The molecule has 0 unspecified atom stereocenters. The maximum atomic E-state index is 12.7. The van der Waals surface area contributed by atoms with Gasteiger partial charge in [0.05, 0.1) is 11.3 Å². The first-order chi connectivity index (χ1) is 10.0. The van der Waals surface area contributed by atoms with Crippen molar-refractivity contribution < 1.29 is 4.79 Å². The number of hydrogen-bond donors (Lipinski definition) is 1. The van der Waals surface area contributed by atoms with Gasteiger partial charge in [-0.15, -0.1) is 0 Å². The van der Waals surface area contributed by atoms with Gasteiger partial charge in [-0.1, -0.05) is 25.1 Å². The monoisotopic (exact) mass is 286 g/mol.